The number of H-pyrrole nitrogens is 1. The van der Waals surface area contributed by atoms with Crippen LogP contribution in [0.4, 0.5) is 0 Å². The van der Waals surface area contributed by atoms with Crippen molar-refractivity contribution in [1.29, 1.82) is 0 Å². The highest BCUT2D eigenvalue weighted by Crippen LogP contribution is 2.28. The summed E-state index contributed by atoms with van der Waals surface area (Å²) in [6.07, 6.45) is 4.66. The van der Waals surface area contributed by atoms with Crippen molar-refractivity contribution >= 4 is 5.91 Å². The van der Waals surface area contributed by atoms with Crippen molar-refractivity contribution in [3.8, 4) is 0 Å². The second kappa shape index (κ2) is 4.63. The summed E-state index contributed by atoms with van der Waals surface area (Å²) >= 11 is 0. The van der Waals surface area contributed by atoms with Crippen molar-refractivity contribution < 1.29 is 4.79 Å². The minimum absolute atomic E-state index is 0.0133. The Hall–Kier alpha value is -1.39. The highest BCUT2D eigenvalue weighted by atomic mass is 16.2. The first kappa shape index (κ1) is 11.1. The van der Waals surface area contributed by atoms with Gasteiger partial charge in [0.1, 0.15) is 6.33 Å². The van der Waals surface area contributed by atoms with E-state index in [0.29, 0.717) is 17.8 Å². The topological polar surface area (TPSA) is 61.9 Å². The Morgan fingerprint density at radius 2 is 2.38 bits per heavy atom. The maximum Gasteiger partial charge on any atom is 0.291 e. The average molecular weight is 222 g/mol. The quantitative estimate of drug-likeness (QED) is 0.820. The molecule has 1 N–H and O–H groups in total. The molecule has 5 heteroatoms. The summed E-state index contributed by atoms with van der Waals surface area (Å²) in [7, 11) is 0. The minimum atomic E-state index is -0.0133. The number of nitrogens with one attached hydrogen (secondary N) is 1. The molecule has 1 aromatic rings. The number of aromatic nitrogens is 3. The highest BCUT2D eigenvalue weighted by molar-refractivity contribution is 5.90. The number of hydrogen-bond donors (Lipinski definition) is 1. The van der Waals surface area contributed by atoms with E-state index in [9.17, 15) is 4.79 Å². The predicted octanol–water partition coefficient (Wildman–Crippen LogP) is 1.46. The third kappa shape index (κ3) is 2.59. The van der Waals surface area contributed by atoms with Crippen LogP contribution >= 0.6 is 0 Å². The van der Waals surface area contributed by atoms with E-state index in [2.05, 4.69) is 29.0 Å². The number of carbonyl (C=O) groups excluding carboxylic acids is 1. The molecule has 1 heterocycles. The molecule has 0 radical (unpaired) electrons. The van der Waals surface area contributed by atoms with Gasteiger partial charge >= 0.3 is 0 Å². The number of amides is 1. The lowest BCUT2D eigenvalue weighted by Gasteiger charge is -2.22. The molecule has 1 saturated carbocycles. The van der Waals surface area contributed by atoms with Gasteiger partial charge in [0.05, 0.1) is 0 Å². The van der Waals surface area contributed by atoms with Gasteiger partial charge in [-0.05, 0) is 25.2 Å². The fourth-order valence-electron chi connectivity index (χ4n) is 1.68. The Morgan fingerprint density at radius 1 is 1.62 bits per heavy atom. The van der Waals surface area contributed by atoms with Crippen LogP contribution < -0.4 is 0 Å². The molecule has 16 heavy (non-hydrogen) atoms. The van der Waals surface area contributed by atoms with Gasteiger partial charge in [0.15, 0.2) is 0 Å². The molecule has 2 rings (SSSR count). The molecule has 1 amide bonds. The molecular weight excluding hydrogens is 204 g/mol. The smallest absolute Gasteiger partial charge is 0.291 e. The zero-order valence-corrected chi connectivity index (χ0v) is 9.81. The lowest BCUT2D eigenvalue weighted by molar-refractivity contribution is 0.0723. The highest BCUT2D eigenvalue weighted by Gasteiger charge is 2.33. The maximum absolute atomic E-state index is 12.1. The van der Waals surface area contributed by atoms with E-state index in [1.54, 1.807) is 0 Å². The Bertz CT molecular complexity index is 343. The van der Waals surface area contributed by atoms with Crippen LogP contribution in [0.2, 0.25) is 0 Å². The lowest BCUT2D eigenvalue weighted by Crippen LogP contribution is -2.35. The first-order valence-electron chi connectivity index (χ1n) is 5.85. The predicted molar refractivity (Wildman–Crippen MR) is 59.9 cm³/mol. The summed E-state index contributed by atoms with van der Waals surface area (Å²) in [4.78, 5) is 17.9. The van der Waals surface area contributed by atoms with Gasteiger partial charge in [-0.15, -0.1) is 0 Å². The van der Waals surface area contributed by atoms with Crippen LogP contribution in [0.25, 0.3) is 0 Å². The third-order valence-corrected chi connectivity index (χ3v) is 2.81. The molecular formula is C11H18N4O. The summed E-state index contributed by atoms with van der Waals surface area (Å²) in [6, 6.07) is 0.427. The number of hydrogen-bond acceptors (Lipinski definition) is 3. The monoisotopic (exact) mass is 222 g/mol. The first-order chi connectivity index (χ1) is 7.68. The molecule has 0 unspecified atom stereocenters. The second-order valence-electron chi connectivity index (χ2n) is 4.75. The molecule has 5 nitrogen and oxygen atoms in total. The third-order valence-electron chi connectivity index (χ3n) is 2.81. The zero-order valence-electron chi connectivity index (χ0n) is 9.81. The van der Waals surface area contributed by atoms with E-state index in [-0.39, 0.29) is 5.91 Å². The van der Waals surface area contributed by atoms with Crippen LogP contribution in [0, 0.1) is 5.92 Å². The Morgan fingerprint density at radius 3 is 2.88 bits per heavy atom. The summed E-state index contributed by atoms with van der Waals surface area (Å²) in [6.45, 7) is 5.16. The van der Waals surface area contributed by atoms with Gasteiger partial charge in [0, 0.05) is 12.6 Å². The lowest BCUT2D eigenvalue weighted by atomic mass is 10.1. The van der Waals surface area contributed by atoms with Crippen LogP contribution in [0.15, 0.2) is 6.33 Å². The van der Waals surface area contributed by atoms with Gasteiger partial charge in [0.2, 0.25) is 5.82 Å². The fourth-order valence-corrected chi connectivity index (χ4v) is 1.68. The van der Waals surface area contributed by atoms with Gasteiger partial charge < -0.3 is 4.90 Å². The maximum atomic E-state index is 12.1. The van der Waals surface area contributed by atoms with Gasteiger partial charge in [-0.3, -0.25) is 9.89 Å². The minimum Gasteiger partial charge on any atom is -0.333 e. The summed E-state index contributed by atoms with van der Waals surface area (Å²) in [5.74, 6) is 0.958. The van der Waals surface area contributed by atoms with E-state index in [4.69, 9.17) is 0 Å². The zero-order chi connectivity index (χ0) is 11.5. The molecule has 1 aromatic heterocycles. The molecule has 0 aromatic carbocycles. The van der Waals surface area contributed by atoms with Crippen molar-refractivity contribution in [1.82, 2.24) is 20.1 Å². The van der Waals surface area contributed by atoms with E-state index in [1.807, 2.05) is 4.90 Å². The van der Waals surface area contributed by atoms with Crippen molar-refractivity contribution in [2.75, 3.05) is 6.54 Å². The van der Waals surface area contributed by atoms with E-state index < -0.39 is 0 Å². The molecule has 0 atom stereocenters. The number of carbonyl (C=O) groups is 1. The van der Waals surface area contributed by atoms with E-state index in [1.165, 1.54) is 6.33 Å². The van der Waals surface area contributed by atoms with Crippen LogP contribution in [-0.4, -0.2) is 38.6 Å². The van der Waals surface area contributed by atoms with Crippen molar-refractivity contribution in [3.05, 3.63) is 12.2 Å². The van der Waals surface area contributed by atoms with Gasteiger partial charge in [-0.25, -0.2) is 4.98 Å². The Balaban J connectivity index is 1.99. The molecule has 1 aliphatic carbocycles. The SMILES string of the molecule is CC(C)CCN(C(=O)c1ncn[nH]1)C1CC1. The van der Waals surface area contributed by atoms with Crippen LogP contribution in [-0.2, 0) is 0 Å². The van der Waals surface area contributed by atoms with Gasteiger partial charge in [-0.2, -0.15) is 5.10 Å². The van der Waals surface area contributed by atoms with Gasteiger partial charge in [0.25, 0.3) is 5.91 Å². The van der Waals surface area contributed by atoms with Crippen LogP contribution in [0.1, 0.15) is 43.7 Å². The number of nitrogens with zero attached hydrogens (tertiary/aromatic N) is 3. The summed E-state index contributed by atoms with van der Waals surface area (Å²) in [5.41, 5.74) is 0. The van der Waals surface area contributed by atoms with E-state index >= 15 is 0 Å². The molecule has 88 valence electrons. The van der Waals surface area contributed by atoms with Crippen LogP contribution in [0.3, 0.4) is 0 Å². The first-order valence-corrected chi connectivity index (χ1v) is 5.85. The van der Waals surface area contributed by atoms with Crippen LogP contribution in [0.5, 0.6) is 0 Å². The second-order valence-corrected chi connectivity index (χ2v) is 4.75. The Kier molecular flexibility index (Phi) is 3.22. The Labute approximate surface area is 95.2 Å². The molecule has 1 aliphatic rings. The number of rotatable bonds is 5. The molecule has 0 saturated heterocycles. The molecule has 0 spiro atoms. The summed E-state index contributed by atoms with van der Waals surface area (Å²) < 4.78 is 0. The van der Waals surface area contributed by atoms with Gasteiger partial charge in [-0.1, -0.05) is 13.8 Å². The van der Waals surface area contributed by atoms with Crippen molar-refractivity contribution in [3.63, 3.8) is 0 Å². The normalized spacial score (nSPS) is 15.4. The van der Waals surface area contributed by atoms with Crippen molar-refractivity contribution in [2.45, 2.75) is 39.2 Å². The fraction of sp³-hybridized carbons (Fsp3) is 0.727. The van der Waals surface area contributed by atoms with Crippen molar-refractivity contribution in [2.24, 2.45) is 5.92 Å². The summed E-state index contributed by atoms with van der Waals surface area (Å²) in [5, 5.41) is 6.35. The standard InChI is InChI=1S/C11H18N4O/c1-8(2)5-6-15(9-3-4-9)11(16)10-12-7-13-14-10/h7-9H,3-6H2,1-2H3,(H,12,13,14). The molecule has 0 aliphatic heterocycles. The number of aromatic amines is 1. The average Bonchev–Trinajstić information content (AvgIpc) is 2.93. The molecule has 1 fully saturated rings. The largest absolute Gasteiger partial charge is 0.333 e. The molecule has 0 bridgehead atoms. The van der Waals surface area contributed by atoms with E-state index in [0.717, 1.165) is 25.8 Å².